The summed E-state index contributed by atoms with van der Waals surface area (Å²) in [7, 11) is 0. The number of nitrogens with one attached hydrogen (secondary N) is 1. The summed E-state index contributed by atoms with van der Waals surface area (Å²) in [5.74, 6) is 1.51. The highest BCUT2D eigenvalue weighted by molar-refractivity contribution is 7.09. The molecule has 0 spiro atoms. The maximum Gasteiger partial charge on any atom is 0.254 e. The molecule has 1 atom stereocenters. The molecule has 4 heterocycles. The molecule has 1 amide bonds. The van der Waals surface area contributed by atoms with E-state index < -0.39 is 0 Å². The molecule has 2 aromatic heterocycles. The molecular formula is C21H26N4O2S. The molecule has 2 aromatic rings. The van der Waals surface area contributed by atoms with Crippen molar-refractivity contribution in [3.05, 3.63) is 49.8 Å². The monoisotopic (exact) mass is 398 g/mol. The van der Waals surface area contributed by atoms with Crippen LogP contribution in [0, 0.1) is 5.92 Å². The fraction of sp³-hybridized carbons (Fsp3) is 0.571. The smallest absolute Gasteiger partial charge is 0.254 e. The summed E-state index contributed by atoms with van der Waals surface area (Å²) in [6.07, 6.45) is 4.81. The van der Waals surface area contributed by atoms with Crippen LogP contribution in [-0.2, 0) is 24.3 Å². The number of carbonyl (C=O) groups is 1. The van der Waals surface area contributed by atoms with Gasteiger partial charge in [-0.25, -0.2) is 4.98 Å². The standard InChI is InChI=1S/C21H26N4O2S/c26-20-17-7-9-25(21(27)14-3-1-4-14)13-18(17)22-19(23-20)15-6-8-24(11-15)12-16-5-2-10-28-16/h2,5,10,14-15H,1,3-4,6-9,11-13H2,(H,22,23,26)/t15-/m1/s1. The van der Waals surface area contributed by atoms with Gasteiger partial charge in [-0.15, -0.1) is 11.3 Å². The van der Waals surface area contributed by atoms with E-state index in [-0.39, 0.29) is 23.3 Å². The van der Waals surface area contributed by atoms with Gasteiger partial charge in [0, 0.05) is 41.9 Å². The number of aromatic nitrogens is 2. The first-order valence-corrected chi connectivity index (χ1v) is 11.2. The third-order valence-electron chi connectivity index (χ3n) is 6.48. The minimum absolute atomic E-state index is 0.00699. The zero-order chi connectivity index (χ0) is 19.1. The molecule has 6 nitrogen and oxygen atoms in total. The number of carbonyl (C=O) groups excluding carboxylic acids is 1. The Hall–Kier alpha value is -1.99. The van der Waals surface area contributed by atoms with Crippen LogP contribution in [0.2, 0.25) is 0 Å². The zero-order valence-electron chi connectivity index (χ0n) is 16.0. The second kappa shape index (κ2) is 7.44. The average molecular weight is 399 g/mol. The Morgan fingerprint density at radius 3 is 2.93 bits per heavy atom. The van der Waals surface area contributed by atoms with E-state index in [0.717, 1.165) is 62.4 Å². The van der Waals surface area contributed by atoms with Gasteiger partial charge in [0.05, 0.1) is 12.2 Å². The van der Waals surface area contributed by atoms with Crippen LogP contribution in [0.25, 0.3) is 0 Å². The summed E-state index contributed by atoms with van der Waals surface area (Å²) in [5, 5.41) is 2.11. The van der Waals surface area contributed by atoms with Crippen molar-refractivity contribution >= 4 is 17.2 Å². The summed E-state index contributed by atoms with van der Waals surface area (Å²) in [4.78, 5) is 38.9. The van der Waals surface area contributed by atoms with E-state index in [2.05, 4.69) is 27.4 Å². The van der Waals surface area contributed by atoms with Crippen LogP contribution in [0.4, 0.5) is 0 Å². The number of hydrogen-bond donors (Lipinski definition) is 1. The molecule has 0 unspecified atom stereocenters. The third kappa shape index (κ3) is 3.42. The Balaban J connectivity index is 1.31. The van der Waals surface area contributed by atoms with Crippen LogP contribution in [0.15, 0.2) is 22.3 Å². The van der Waals surface area contributed by atoms with Gasteiger partial charge < -0.3 is 9.88 Å². The van der Waals surface area contributed by atoms with E-state index in [0.29, 0.717) is 19.5 Å². The lowest BCUT2D eigenvalue weighted by Gasteiger charge is -2.34. The fourth-order valence-electron chi connectivity index (χ4n) is 4.58. The van der Waals surface area contributed by atoms with Gasteiger partial charge in [-0.05, 0) is 43.7 Å². The maximum absolute atomic E-state index is 12.6. The average Bonchev–Trinajstić information content (AvgIpc) is 3.32. The molecule has 2 aliphatic heterocycles. The highest BCUT2D eigenvalue weighted by Gasteiger charge is 2.33. The van der Waals surface area contributed by atoms with E-state index in [4.69, 9.17) is 4.98 Å². The molecular weight excluding hydrogens is 372 g/mol. The summed E-state index contributed by atoms with van der Waals surface area (Å²) in [6, 6.07) is 4.26. The van der Waals surface area contributed by atoms with Crippen molar-refractivity contribution in [2.75, 3.05) is 19.6 Å². The Morgan fingerprint density at radius 2 is 2.18 bits per heavy atom. The fourth-order valence-corrected chi connectivity index (χ4v) is 5.32. The molecule has 1 N–H and O–H groups in total. The van der Waals surface area contributed by atoms with Gasteiger partial charge in [0.25, 0.3) is 5.56 Å². The SMILES string of the molecule is O=C(C1CCC1)N1CCc2c(nc([C@@H]3CCN(Cc4cccs4)C3)[nH]c2=O)C1. The topological polar surface area (TPSA) is 69.3 Å². The predicted molar refractivity (Wildman–Crippen MR) is 108 cm³/mol. The normalized spacial score (nSPS) is 22.9. The quantitative estimate of drug-likeness (QED) is 0.859. The first-order valence-electron chi connectivity index (χ1n) is 10.3. The highest BCUT2D eigenvalue weighted by atomic mass is 32.1. The van der Waals surface area contributed by atoms with Gasteiger partial charge in [0.2, 0.25) is 5.91 Å². The lowest BCUT2D eigenvalue weighted by molar-refractivity contribution is -0.139. The van der Waals surface area contributed by atoms with Gasteiger partial charge >= 0.3 is 0 Å². The van der Waals surface area contributed by atoms with Gasteiger partial charge in [-0.1, -0.05) is 12.5 Å². The Bertz CT molecular complexity index is 919. The molecule has 5 rings (SSSR count). The number of likely N-dealkylation sites (tertiary alicyclic amines) is 1. The minimum Gasteiger partial charge on any atom is -0.336 e. The minimum atomic E-state index is -0.00699. The van der Waals surface area contributed by atoms with E-state index in [9.17, 15) is 9.59 Å². The van der Waals surface area contributed by atoms with Gasteiger partial charge in [-0.3, -0.25) is 14.5 Å². The van der Waals surface area contributed by atoms with Crippen molar-refractivity contribution in [1.29, 1.82) is 0 Å². The molecule has 1 aliphatic carbocycles. The number of amides is 1. The lowest BCUT2D eigenvalue weighted by Crippen LogP contribution is -2.43. The first-order chi connectivity index (χ1) is 13.7. The van der Waals surface area contributed by atoms with Crippen LogP contribution >= 0.6 is 11.3 Å². The van der Waals surface area contributed by atoms with Crippen LogP contribution < -0.4 is 5.56 Å². The van der Waals surface area contributed by atoms with Crippen molar-refractivity contribution < 1.29 is 4.79 Å². The Morgan fingerprint density at radius 1 is 1.29 bits per heavy atom. The van der Waals surface area contributed by atoms with Gasteiger partial charge in [-0.2, -0.15) is 0 Å². The molecule has 0 bridgehead atoms. The molecule has 28 heavy (non-hydrogen) atoms. The largest absolute Gasteiger partial charge is 0.336 e. The molecule has 2 fully saturated rings. The number of aromatic amines is 1. The molecule has 148 valence electrons. The third-order valence-corrected chi connectivity index (χ3v) is 7.34. The molecule has 0 radical (unpaired) electrons. The van der Waals surface area contributed by atoms with Crippen molar-refractivity contribution in [3.63, 3.8) is 0 Å². The molecule has 1 saturated carbocycles. The number of fused-ring (bicyclic) bond motifs is 1. The number of H-pyrrole nitrogens is 1. The number of rotatable bonds is 4. The van der Waals surface area contributed by atoms with Gasteiger partial charge in [0.1, 0.15) is 5.82 Å². The van der Waals surface area contributed by atoms with E-state index in [1.54, 1.807) is 11.3 Å². The lowest BCUT2D eigenvalue weighted by atomic mass is 9.84. The number of nitrogens with zero attached hydrogens (tertiary/aromatic N) is 3. The second-order valence-corrected chi connectivity index (χ2v) is 9.35. The van der Waals surface area contributed by atoms with Crippen LogP contribution in [-0.4, -0.2) is 45.3 Å². The number of hydrogen-bond acceptors (Lipinski definition) is 5. The van der Waals surface area contributed by atoms with E-state index in [1.165, 1.54) is 4.88 Å². The summed E-state index contributed by atoms with van der Waals surface area (Å²) in [6.45, 7) is 4.05. The zero-order valence-corrected chi connectivity index (χ0v) is 16.8. The summed E-state index contributed by atoms with van der Waals surface area (Å²) in [5.41, 5.74) is 1.58. The predicted octanol–water partition coefficient (Wildman–Crippen LogP) is 2.51. The maximum atomic E-state index is 12.6. The highest BCUT2D eigenvalue weighted by Crippen LogP contribution is 2.31. The molecule has 3 aliphatic rings. The van der Waals surface area contributed by atoms with Crippen LogP contribution in [0.3, 0.4) is 0 Å². The van der Waals surface area contributed by atoms with Crippen LogP contribution in [0.1, 0.15) is 53.6 Å². The Kier molecular flexibility index (Phi) is 4.80. The molecule has 0 aromatic carbocycles. The van der Waals surface area contributed by atoms with Crippen molar-refractivity contribution in [3.8, 4) is 0 Å². The van der Waals surface area contributed by atoms with E-state index in [1.807, 2.05) is 4.90 Å². The van der Waals surface area contributed by atoms with Gasteiger partial charge in [0.15, 0.2) is 0 Å². The van der Waals surface area contributed by atoms with Crippen molar-refractivity contribution in [2.24, 2.45) is 5.92 Å². The summed E-state index contributed by atoms with van der Waals surface area (Å²) >= 11 is 1.79. The van der Waals surface area contributed by atoms with E-state index >= 15 is 0 Å². The molecule has 7 heteroatoms. The van der Waals surface area contributed by atoms with Crippen molar-refractivity contribution in [2.45, 2.75) is 51.1 Å². The summed E-state index contributed by atoms with van der Waals surface area (Å²) < 4.78 is 0. The Labute approximate surface area is 168 Å². The molecule has 1 saturated heterocycles. The first kappa shape index (κ1) is 18.1. The number of thiophene rings is 1. The second-order valence-electron chi connectivity index (χ2n) is 8.31. The van der Waals surface area contributed by atoms with Crippen molar-refractivity contribution in [1.82, 2.24) is 19.8 Å². The van der Waals surface area contributed by atoms with Crippen LogP contribution in [0.5, 0.6) is 0 Å².